The lowest BCUT2D eigenvalue weighted by Gasteiger charge is -2.42. The third kappa shape index (κ3) is 1.51. The lowest BCUT2D eigenvalue weighted by Crippen LogP contribution is -2.66. The summed E-state index contributed by atoms with van der Waals surface area (Å²) in [5, 5.41) is 0. The van der Waals surface area contributed by atoms with Crippen LogP contribution in [0, 0.1) is 6.92 Å². The van der Waals surface area contributed by atoms with Crippen LogP contribution >= 0.6 is 0 Å². The number of β-lactam (4-membered cyclic amide) rings is 1. The molecule has 2 rings (SSSR count). The lowest BCUT2D eigenvalue weighted by molar-refractivity contribution is -0.142. The molecule has 1 fully saturated rings. The molecule has 0 saturated carbocycles. The molecule has 4 nitrogen and oxygen atoms in total. The molecule has 0 unspecified atom stereocenters. The minimum absolute atomic E-state index is 0.163. The first-order valence-corrected chi connectivity index (χ1v) is 5.07. The fourth-order valence-electron chi connectivity index (χ4n) is 1.86. The van der Waals surface area contributed by atoms with Crippen LogP contribution in [0.15, 0.2) is 24.3 Å². The Kier molecular flexibility index (Phi) is 2.75. The van der Waals surface area contributed by atoms with Gasteiger partial charge in [-0.3, -0.25) is 9.69 Å². The van der Waals surface area contributed by atoms with Gasteiger partial charge in [0.15, 0.2) is 6.10 Å². The van der Waals surface area contributed by atoms with Crippen molar-refractivity contribution in [2.75, 3.05) is 12.0 Å². The van der Waals surface area contributed by atoms with Crippen LogP contribution in [-0.4, -0.2) is 31.4 Å². The van der Waals surface area contributed by atoms with Gasteiger partial charge < -0.3 is 9.53 Å². The normalized spacial score (nSPS) is 24.1. The summed E-state index contributed by atoms with van der Waals surface area (Å²) in [4.78, 5) is 24.0. The number of hydrogen-bond donors (Lipinski definition) is 0. The molecule has 1 heterocycles. The van der Waals surface area contributed by atoms with Crippen LogP contribution in [0.2, 0.25) is 0 Å². The van der Waals surface area contributed by atoms with E-state index in [9.17, 15) is 9.59 Å². The van der Waals surface area contributed by atoms with E-state index in [1.807, 2.05) is 31.2 Å². The van der Waals surface area contributed by atoms with Gasteiger partial charge in [0.05, 0.1) is 0 Å². The Balaban J connectivity index is 2.25. The molecule has 16 heavy (non-hydrogen) atoms. The first kappa shape index (κ1) is 10.8. The summed E-state index contributed by atoms with van der Waals surface area (Å²) in [6.07, 6.45) is 0.119. The van der Waals surface area contributed by atoms with Gasteiger partial charge in [0.1, 0.15) is 12.3 Å². The van der Waals surface area contributed by atoms with Gasteiger partial charge in [0.2, 0.25) is 0 Å². The quantitative estimate of drug-likeness (QED) is 0.561. The summed E-state index contributed by atoms with van der Waals surface area (Å²) in [5.74, 6) is -0.163. The number of carbonyl (C=O) groups is 2. The Morgan fingerprint density at radius 2 is 1.94 bits per heavy atom. The zero-order valence-electron chi connectivity index (χ0n) is 9.21. The molecule has 1 aliphatic rings. The van der Waals surface area contributed by atoms with Crippen molar-refractivity contribution in [3.8, 4) is 0 Å². The maximum atomic E-state index is 11.7. The average Bonchev–Trinajstić information content (AvgIpc) is 2.29. The summed E-state index contributed by atoms with van der Waals surface area (Å²) in [6, 6.07) is 6.97. The van der Waals surface area contributed by atoms with E-state index in [2.05, 4.69) is 0 Å². The number of nitrogens with zero attached hydrogens (tertiary/aromatic N) is 1. The van der Waals surface area contributed by atoms with Crippen LogP contribution in [-0.2, 0) is 14.3 Å². The smallest absolute Gasteiger partial charge is 0.259 e. The Morgan fingerprint density at radius 1 is 1.31 bits per heavy atom. The summed E-state index contributed by atoms with van der Waals surface area (Å²) < 4.78 is 4.95. The van der Waals surface area contributed by atoms with Crippen LogP contribution in [0.5, 0.6) is 0 Å². The van der Waals surface area contributed by atoms with Crippen molar-refractivity contribution in [2.24, 2.45) is 0 Å². The monoisotopic (exact) mass is 219 g/mol. The van der Waals surface area contributed by atoms with E-state index in [1.165, 1.54) is 12.0 Å². The van der Waals surface area contributed by atoms with Crippen molar-refractivity contribution in [3.05, 3.63) is 29.8 Å². The number of ether oxygens (including phenoxy) is 1. The molecule has 1 aliphatic heterocycles. The van der Waals surface area contributed by atoms with E-state index in [0.717, 1.165) is 17.5 Å². The van der Waals surface area contributed by atoms with Crippen molar-refractivity contribution >= 4 is 17.9 Å². The van der Waals surface area contributed by atoms with Gasteiger partial charge in [-0.2, -0.15) is 0 Å². The number of carbonyl (C=O) groups excluding carboxylic acids is 2. The molecule has 1 aromatic carbocycles. The summed E-state index contributed by atoms with van der Waals surface area (Å²) in [6.45, 7) is 1.97. The first-order chi connectivity index (χ1) is 7.69. The third-order valence-corrected chi connectivity index (χ3v) is 2.79. The first-order valence-electron chi connectivity index (χ1n) is 5.07. The molecule has 1 amide bonds. The molecule has 0 aliphatic carbocycles. The molecule has 2 atom stereocenters. The molecule has 0 radical (unpaired) electrons. The number of aldehydes is 1. The largest absolute Gasteiger partial charge is 0.369 e. The molecule has 1 saturated heterocycles. The molecule has 4 heteroatoms. The second-order valence-corrected chi connectivity index (χ2v) is 3.83. The minimum atomic E-state index is -0.626. The number of aryl methyl sites for hydroxylation is 1. The van der Waals surface area contributed by atoms with Crippen LogP contribution in [0.3, 0.4) is 0 Å². The van der Waals surface area contributed by atoms with Crippen molar-refractivity contribution in [1.29, 1.82) is 0 Å². The molecule has 84 valence electrons. The zero-order valence-corrected chi connectivity index (χ0v) is 9.21. The van der Waals surface area contributed by atoms with Gasteiger partial charge in [-0.15, -0.1) is 0 Å². The second-order valence-electron chi connectivity index (χ2n) is 3.83. The highest BCUT2D eigenvalue weighted by molar-refractivity contribution is 6.10. The van der Waals surface area contributed by atoms with Crippen LogP contribution in [0.1, 0.15) is 5.56 Å². The maximum absolute atomic E-state index is 11.7. The van der Waals surface area contributed by atoms with Crippen molar-refractivity contribution in [2.45, 2.75) is 19.1 Å². The highest BCUT2D eigenvalue weighted by Gasteiger charge is 2.48. The number of benzene rings is 1. The number of methoxy groups -OCH3 is 1. The molecule has 0 aromatic heterocycles. The lowest BCUT2D eigenvalue weighted by atomic mass is 9.98. The Labute approximate surface area is 93.8 Å². The van der Waals surface area contributed by atoms with Crippen molar-refractivity contribution in [1.82, 2.24) is 0 Å². The SMILES string of the molecule is CO[C@H]1C(=O)N(c2ccc(C)cc2)[C@@H]1C=O. The predicted molar refractivity (Wildman–Crippen MR) is 59.3 cm³/mol. The van der Waals surface area contributed by atoms with Crippen LogP contribution < -0.4 is 4.90 Å². The average molecular weight is 219 g/mol. The molecule has 0 bridgehead atoms. The van der Waals surface area contributed by atoms with Crippen LogP contribution in [0.25, 0.3) is 0 Å². The molecular weight excluding hydrogens is 206 g/mol. The van der Waals surface area contributed by atoms with Crippen molar-refractivity contribution in [3.63, 3.8) is 0 Å². The van der Waals surface area contributed by atoms with E-state index < -0.39 is 12.1 Å². The minimum Gasteiger partial charge on any atom is -0.369 e. The Bertz CT molecular complexity index is 413. The summed E-state index contributed by atoms with van der Waals surface area (Å²) >= 11 is 0. The van der Waals surface area contributed by atoms with E-state index >= 15 is 0 Å². The van der Waals surface area contributed by atoms with Gasteiger partial charge >= 0.3 is 0 Å². The van der Waals surface area contributed by atoms with E-state index in [-0.39, 0.29) is 5.91 Å². The Morgan fingerprint density at radius 3 is 2.44 bits per heavy atom. The van der Waals surface area contributed by atoms with Crippen molar-refractivity contribution < 1.29 is 14.3 Å². The molecule has 1 aromatic rings. The van der Waals surface area contributed by atoms with E-state index in [4.69, 9.17) is 4.74 Å². The maximum Gasteiger partial charge on any atom is 0.259 e. The topological polar surface area (TPSA) is 46.6 Å². The highest BCUT2D eigenvalue weighted by atomic mass is 16.5. The number of anilines is 1. The zero-order chi connectivity index (χ0) is 11.7. The molecule has 0 spiro atoms. The fraction of sp³-hybridized carbons (Fsp3) is 0.333. The van der Waals surface area contributed by atoms with E-state index in [1.54, 1.807) is 0 Å². The molecular formula is C12H13NO3. The Hall–Kier alpha value is -1.68. The predicted octanol–water partition coefficient (Wildman–Crippen LogP) is 0.924. The van der Waals surface area contributed by atoms with Gasteiger partial charge in [-0.25, -0.2) is 0 Å². The van der Waals surface area contributed by atoms with E-state index in [0.29, 0.717) is 0 Å². The van der Waals surface area contributed by atoms with Gasteiger partial charge in [0.25, 0.3) is 5.91 Å². The van der Waals surface area contributed by atoms with Gasteiger partial charge in [-0.1, -0.05) is 17.7 Å². The van der Waals surface area contributed by atoms with Gasteiger partial charge in [0, 0.05) is 12.8 Å². The second kappa shape index (κ2) is 4.06. The van der Waals surface area contributed by atoms with Gasteiger partial charge in [-0.05, 0) is 19.1 Å². The van der Waals surface area contributed by atoms with Crippen LogP contribution in [0.4, 0.5) is 5.69 Å². The number of rotatable bonds is 3. The fourth-order valence-corrected chi connectivity index (χ4v) is 1.86. The number of hydrogen-bond acceptors (Lipinski definition) is 3. The summed E-state index contributed by atoms with van der Waals surface area (Å²) in [7, 11) is 1.44. The highest BCUT2D eigenvalue weighted by Crippen LogP contribution is 2.28. The molecule has 0 N–H and O–H groups in total. The number of amides is 1. The standard InChI is InChI=1S/C12H13NO3/c1-8-3-5-9(6-4-8)13-10(7-14)11(16-2)12(13)15/h3-7,10-11H,1-2H3/t10-,11-/m1/s1. The third-order valence-electron chi connectivity index (χ3n) is 2.79. The summed E-state index contributed by atoms with van der Waals surface area (Å²) in [5.41, 5.74) is 1.85.